The lowest BCUT2D eigenvalue weighted by Crippen LogP contribution is -2.33. The Balaban J connectivity index is 2.03. The van der Waals surface area contributed by atoms with Crippen LogP contribution in [0, 0.1) is 0 Å². The molecule has 1 N–H and O–H groups in total. The van der Waals surface area contributed by atoms with Crippen molar-refractivity contribution in [2.45, 2.75) is 11.9 Å². The van der Waals surface area contributed by atoms with Gasteiger partial charge in [-0.2, -0.15) is 0 Å². The third kappa shape index (κ3) is 2.52. The summed E-state index contributed by atoms with van der Waals surface area (Å²) in [6.07, 6.45) is 0. The van der Waals surface area contributed by atoms with Gasteiger partial charge in [0, 0.05) is 18.8 Å². The summed E-state index contributed by atoms with van der Waals surface area (Å²) in [5, 5.41) is 8.63. The highest BCUT2D eigenvalue weighted by molar-refractivity contribution is 8.00. The lowest BCUT2D eigenvalue weighted by atomic mass is 10.2. The first-order valence-corrected chi connectivity index (χ1v) is 5.94. The number of aliphatic carboxylic acids is 1. The SMILES string of the molecule is O=C(O)C1SCCN1Cc1ccccc1. The fourth-order valence-electron chi connectivity index (χ4n) is 1.71. The minimum Gasteiger partial charge on any atom is -0.479 e. The van der Waals surface area contributed by atoms with Gasteiger partial charge < -0.3 is 5.11 Å². The normalized spacial score (nSPS) is 21.7. The van der Waals surface area contributed by atoms with Crippen LogP contribution in [-0.4, -0.2) is 33.6 Å². The Bertz CT molecular complexity index is 342. The molecule has 15 heavy (non-hydrogen) atoms. The Hall–Kier alpha value is -1.00. The first-order valence-electron chi connectivity index (χ1n) is 4.90. The van der Waals surface area contributed by atoms with Crippen LogP contribution >= 0.6 is 11.8 Å². The van der Waals surface area contributed by atoms with Crippen molar-refractivity contribution < 1.29 is 9.90 Å². The highest BCUT2D eigenvalue weighted by atomic mass is 32.2. The average molecular weight is 223 g/mol. The van der Waals surface area contributed by atoms with Gasteiger partial charge in [-0.3, -0.25) is 4.90 Å². The standard InChI is InChI=1S/C11H13NO2S/c13-11(14)10-12(6-7-15-10)8-9-4-2-1-3-5-9/h1-5,10H,6-8H2,(H,13,14). The predicted octanol–water partition coefficient (Wildman–Crippen LogP) is 1.65. The number of nitrogens with zero attached hydrogens (tertiary/aromatic N) is 1. The van der Waals surface area contributed by atoms with Crippen molar-refractivity contribution in [1.82, 2.24) is 4.90 Å². The van der Waals surface area contributed by atoms with Crippen LogP contribution in [0.5, 0.6) is 0 Å². The Morgan fingerprint density at radius 2 is 2.20 bits per heavy atom. The van der Waals surface area contributed by atoms with Gasteiger partial charge in [-0.1, -0.05) is 30.3 Å². The van der Waals surface area contributed by atoms with Gasteiger partial charge in [0.1, 0.15) is 0 Å². The predicted molar refractivity (Wildman–Crippen MR) is 60.7 cm³/mol. The zero-order chi connectivity index (χ0) is 10.7. The molecule has 1 saturated heterocycles. The van der Waals surface area contributed by atoms with Crippen LogP contribution in [0.3, 0.4) is 0 Å². The second-order valence-electron chi connectivity index (χ2n) is 3.52. The van der Waals surface area contributed by atoms with Gasteiger partial charge in [0.2, 0.25) is 0 Å². The summed E-state index contributed by atoms with van der Waals surface area (Å²) in [6.45, 7) is 1.58. The van der Waals surface area contributed by atoms with Gasteiger partial charge in [-0.05, 0) is 5.56 Å². The molecule has 1 atom stereocenters. The zero-order valence-electron chi connectivity index (χ0n) is 8.30. The largest absolute Gasteiger partial charge is 0.479 e. The molecule has 0 aliphatic carbocycles. The Morgan fingerprint density at radius 1 is 1.47 bits per heavy atom. The third-order valence-corrected chi connectivity index (χ3v) is 3.66. The zero-order valence-corrected chi connectivity index (χ0v) is 9.11. The van der Waals surface area contributed by atoms with Crippen LogP contribution in [0.1, 0.15) is 5.56 Å². The van der Waals surface area contributed by atoms with Crippen LogP contribution in [0.15, 0.2) is 30.3 Å². The molecule has 3 nitrogen and oxygen atoms in total. The molecule has 0 amide bonds. The summed E-state index contributed by atoms with van der Waals surface area (Å²) >= 11 is 1.50. The molecular formula is C11H13NO2S. The Labute approximate surface area is 93.1 Å². The molecule has 1 heterocycles. The molecule has 0 aromatic heterocycles. The number of hydrogen-bond acceptors (Lipinski definition) is 3. The van der Waals surface area contributed by atoms with Crippen LogP contribution in [0.25, 0.3) is 0 Å². The second kappa shape index (κ2) is 4.68. The maximum atomic E-state index is 10.9. The van der Waals surface area contributed by atoms with E-state index in [1.54, 1.807) is 0 Å². The lowest BCUT2D eigenvalue weighted by molar-refractivity contribution is -0.139. The molecule has 0 spiro atoms. The van der Waals surface area contributed by atoms with Crippen molar-refractivity contribution >= 4 is 17.7 Å². The van der Waals surface area contributed by atoms with Crippen LogP contribution in [-0.2, 0) is 11.3 Å². The van der Waals surface area contributed by atoms with E-state index in [1.165, 1.54) is 17.3 Å². The maximum Gasteiger partial charge on any atom is 0.331 e. The second-order valence-corrected chi connectivity index (χ2v) is 4.71. The number of benzene rings is 1. The highest BCUT2D eigenvalue weighted by Crippen LogP contribution is 2.25. The number of hydrogen-bond donors (Lipinski definition) is 1. The van der Waals surface area contributed by atoms with E-state index < -0.39 is 5.97 Å². The van der Waals surface area contributed by atoms with Crippen molar-refractivity contribution in [3.63, 3.8) is 0 Å². The number of carboxylic acids is 1. The number of carbonyl (C=O) groups is 1. The van der Waals surface area contributed by atoms with E-state index in [0.717, 1.165) is 18.8 Å². The van der Waals surface area contributed by atoms with Crippen molar-refractivity contribution in [2.75, 3.05) is 12.3 Å². The first kappa shape index (κ1) is 10.5. The van der Waals surface area contributed by atoms with Gasteiger partial charge >= 0.3 is 5.97 Å². The Morgan fingerprint density at radius 3 is 2.87 bits per heavy atom. The van der Waals surface area contributed by atoms with Crippen LogP contribution in [0.4, 0.5) is 0 Å². The quantitative estimate of drug-likeness (QED) is 0.846. The molecule has 0 saturated carbocycles. The molecule has 1 unspecified atom stereocenters. The van der Waals surface area contributed by atoms with Crippen molar-refractivity contribution in [2.24, 2.45) is 0 Å². The van der Waals surface area contributed by atoms with Crippen molar-refractivity contribution in [3.8, 4) is 0 Å². The summed E-state index contributed by atoms with van der Waals surface area (Å²) in [6, 6.07) is 9.99. The molecule has 80 valence electrons. The summed E-state index contributed by atoms with van der Waals surface area (Å²) in [4.78, 5) is 12.9. The molecule has 0 radical (unpaired) electrons. The van der Waals surface area contributed by atoms with Crippen molar-refractivity contribution in [3.05, 3.63) is 35.9 Å². The monoisotopic (exact) mass is 223 g/mol. The summed E-state index contributed by atoms with van der Waals surface area (Å²) < 4.78 is 0. The smallest absolute Gasteiger partial charge is 0.331 e. The van der Waals surface area contributed by atoms with E-state index >= 15 is 0 Å². The van der Waals surface area contributed by atoms with Crippen LogP contribution in [0.2, 0.25) is 0 Å². The molecule has 0 bridgehead atoms. The molecule has 1 aliphatic heterocycles. The highest BCUT2D eigenvalue weighted by Gasteiger charge is 2.30. The number of rotatable bonds is 3. The van der Waals surface area contributed by atoms with Gasteiger partial charge in [0.25, 0.3) is 0 Å². The van der Waals surface area contributed by atoms with Crippen molar-refractivity contribution in [1.29, 1.82) is 0 Å². The molecular weight excluding hydrogens is 210 g/mol. The summed E-state index contributed by atoms with van der Waals surface area (Å²) in [5.74, 6) is 0.178. The molecule has 1 aliphatic rings. The van der Waals surface area contributed by atoms with E-state index in [1.807, 2.05) is 35.2 Å². The van der Waals surface area contributed by atoms with Crippen LogP contribution < -0.4 is 0 Å². The fourth-order valence-corrected chi connectivity index (χ4v) is 2.81. The molecule has 2 rings (SSSR count). The number of carboxylic acid groups (broad SMARTS) is 1. The Kier molecular flexibility index (Phi) is 3.28. The molecule has 1 fully saturated rings. The van der Waals surface area contributed by atoms with E-state index in [-0.39, 0.29) is 5.37 Å². The van der Waals surface area contributed by atoms with E-state index in [4.69, 9.17) is 5.11 Å². The van der Waals surface area contributed by atoms with Gasteiger partial charge in [0.05, 0.1) is 0 Å². The third-order valence-electron chi connectivity index (χ3n) is 2.43. The topological polar surface area (TPSA) is 40.5 Å². The van der Waals surface area contributed by atoms with Gasteiger partial charge in [-0.15, -0.1) is 11.8 Å². The van der Waals surface area contributed by atoms with E-state index in [9.17, 15) is 4.79 Å². The molecule has 4 heteroatoms. The summed E-state index contributed by atoms with van der Waals surface area (Å²) in [7, 11) is 0. The first-order chi connectivity index (χ1) is 7.27. The van der Waals surface area contributed by atoms with E-state index in [0.29, 0.717) is 0 Å². The average Bonchev–Trinajstić information content (AvgIpc) is 2.67. The van der Waals surface area contributed by atoms with Gasteiger partial charge in [-0.25, -0.2) is 4.79 Å². The fraction of sp³-hybridized carbons (Fsp3) is 0.364. The van der Waals surface area contributed by atoms with Gasteiger partial charge in [0.15, 0.2) is 5.37 Å². The minimum absolute atomic E-state index is 0.370. The minimum atomic E-state index is -0.728. The number of thioether (sulfide) groups is 1. The molecule has 1 aromatic carbocycles. The lowest BCUT2D eigenvalue weighted by Gasteiger charge is -2.19. The summed E-state index contributed by atoms with van der Waals surface area (Å²) in [5.41, 5.74) is 1.17. The molecule has 1 aromatic rings. The maximum absolute atomic E-state index is 10.9. The van der Waals surface area contributed by atoms with E-state index in [2.05, 4.69) is 0 Å².